The van der Waals surface area contributed by atoms with Crippen molar-refractivity contribution in [1.82, 2.24) is 0 Å². The molecular weight excluding hydrogens is 202 g/mol. The first-order valence-electron chi connectivity index (χ1n) is 5.44. The van der Waals surface area contributed by atoms with Crippen molar-refractivity contribution in [2.24, 2.45) is 11.7 Å². The molecule has 0 aliphatic carbocycles. The molecule has 0 saturated carbocycles. The molecule has 0 radical (unpaired) electrons. The predicted octanol–water partition coefficient (Wildman–Crippen LogP) is 1.83. The highest BCUT2D eigenvalue weighted by atomic mass is 16.1. The van der Waals surface area contributed by atoms with E-state index in [1.54, 1.807) is 18.2 Å². The molecule has 1 amide bonds. The van der Waals surface area contributed by atoms with E-state index < -0.39 is 5.91 Å². The highest BCUT2D eigenvalue weighted by molar-refractivity contribution is 5.99. The van der Waals surface area contributed by atoms with Gasteiger partial charge in [-0.1, -0.05) is 13.8 Å². The summed E-state index contributed by atoms with van der Waals surface area (Å²) >= 11 is 0. The summed E-state index contributed by atoms with van der Waals surface area (Å²) in [7, 11) is 0. The quantitative estimate of drug-likeness (QED) is 0.663. The molecule has 0 fully saturated rings. The largest absolute Gasteiger partial charge is 0.399 e. The van der Waals surface area contributed by atoms with Crippen LogP contribution in [0.25, 0.3) is 0 Å². The van der Waals surface area contributed by atoms with Crippen LogP contribution in [0.4, 0.5) is 11.4 Å². The molecule has 0 aliphatic rings. The lowest BCUT2D eigenvalue weighted by molar-refractivity contribution is 0.100. The van der Waals surface area contributed by atoms with E-state index in [1.807, 2.05) is 0 Å². The number of carbonyl (C=O) groups is 1. The van der Waals surface area contributed by atoms with Gasteiger partial charge in [-0.2, -0.15) is 0 Å². The van der Waals surface area contributed by atoms with Gasteiger partial charge in [-0.3, -0.25) is 4.79 Å². The van der Waals surface area contributed by atoms with Gasteiger partial charge >= 0.3 is 0 Å². The van der Waals surface area contributed by atoms with Gasteiger partial charge in [0.1, 0.15) is 0 Å². The lowest BCUT2D eigenvalue weighted by atomic mass is 10.1. The maximum atomic E-state index is 11.2. The SMILES string of the molecule is CC(C)CCNc1ccc(N)cc1C(N)=O. The second-order valence-corrected chi connectivity index (χ2v) is 4.28. The number of nitrogen functional groups attached to an aromatic ring is 1. The highest BCUT2D eigenvalue weighted by Gasteiger charge is 2.08. The topological polar surface area (TPSA) is 81.1 Å². The summed E-state index contributed by atoms with van der Waals surface area (Å²) in [5.74, 6) is 0.164. The zero-order valence-electron chi connectivity index (χ0n) is 9.79. The van der Waals surface area contributed by atoms with E-state index in [1.165, 1.54) is 0 Å². The van der Waals surface area contributed by atoms with Crippen molar-refractivity contribution in [1.29, 1.82) is 0 Å². The molecule has 0 saturated heterocycles. The third kappa shape index (κ3) is 3.46. The number of amides is 1. The fourth-order valence-corrected chi connectivity index (χ4v) is 1.42. The Morgan fingerprint density at radius 3 is 2.69 bits per heavy atom. The van der Waals surface area contributed by atoms with Gasteiger partial charge < -0.3 is 16.8 Å². The first-order chi connectivity index (χ1) is 7.50. The van der Waals surface area contributed by atoms with Crippen LogP contribution in [0.15, 0.2) is 18.2 Å². The molecule has 4 nitrogen and oxygen atoms in total. The second kappa shape index (κ2) is 5.39. The van der Waals surface area contributed by atoms with Crippen molar-refractivity contribution in [2.75, 3.05) is 17.6 Å². The normalized spacial score (nSPS) is 10.4. The molecule has 1 rings (SSSR count). The van der Waals surface area contributed by atoms with E-state index in [0.717, 1.165) is 18.7 Å². The standard InChI is InChI=1S/C12H19N3O/c1-8(2)5-6-15-11-4-3-9(13)7-10(11)12(14)16/h3-4,7-8,15H,5-6,13H2,1-2H3,(H2,14,16). The fourth-order valence-electron chi connectivity index (χ4n) is 1.42. The zero-order valence-corrected chi connectivity index (χ0v) is 9.79. The van der Waals surface area contributed by atoms with Crippen LogP contribution in [0.2, 0.25) is 0 Å². The zero-order chi connectivity index (χ0) is 12.1. The van der Waals surface area contributed by atoms with Crippen LogP contribution < -0.4 is 16.8 Å². The third-order valence-electron chi connectivity index (χ3n) is 2.35. The number of carbonyl (C=O) groups excluding carboxylic acids is 1. The van der Waals surface area contributed by atoms with Crippen LogP contribution >= 0.6 is 0 Å². The number of rotatable bonds is 5. The molecule has 1 aromatic rings. The van der Waals surface area contributed by atoms with Gasteiger partial charge in [0, 0.05) is 17.9 Å². The summed E-state index contributed by atoms with van der Waals surface area (Å²) in [4.78, 5) is 11.2. The molecule has 0 aromatic heterocycles. The molecule has 88 valence electrons. The van der Waals surface area contributed by atoms with Crippen molar-refractivity contribution in [3.63, 3.8) is 0 Å². The summed E-state index contributed by atoms with van der Waals surface area (Å²) in [5, 5.41) is 3.20. The summed E-state index contributed by atoms with van der Waals surface area (Å²) in [5.41, 5.74) is 12.6. The predicted molar refractivity (Wildman–Crippen MR) is 67.3 cm³/mol. The fraction of sp³-hybridized carbons (Fsp3) is 0.417. The van der Waals surface area contributed by atoms with Gasteiger partial charge in [0.2, 0.25) is 0 Å². The Balaban J connectivity index is 2.75. The van der Waals surface area contributed by atoms with Gasteiger partial charge in [0.15, 0.2) is 0 Å². The van der Waals surface area contributed by atoms with E-state index in [2.05, 4.69) is 19.2 Å². The van der Waals surface area contributed by atoms with Gasteiger partial charge in [-0.05, 0) is 30.5 Å². The van der Waals surface area contributed by atoms with Crippen LogP contribution in [0.5, 0.6) is 0 Å². The lowest BCUT2D eigenvalue weighted by Crippen LogP contribution is -2.15. The van der Waals surface area contributed by atoms with Crippen molar-refractivity contribution < 1.29 is 4.79 Å². The molecule has 0 spiro atoms. The molecule has 0 heterocycles. The van der Waals surface area contributed by atoms with Crippen molar-refractivity contribution in [2.45, 2.75) is 20.3 Å². The molecule has 4 heteroatoms. The third-order valence-corrected chi connectivity index (χ3v) is 2.35. The van der Waals surface area contributed by atoms with E-state index in [4.69, 9.17) is 11.5 Å². The van der Waals surface area contributed by atoms with Gasteiger partial charge in [-0.25, -0.2) is 0 Å². The minimum atomic E-state index is -0.459. The number of primary amides is 1. The summed E-state index contributed by atoms with van der Waals surface area (Å²) in [6.07, 6.45) is 1.04. The summed E-state index contributed by atoms with van der Waals surface area (Å²) in [6.45, 7) is 5.13. The number of nitrogens with one attached hydrogen (secondary N) is 1. The first-order valence-corrected chi connectivity index (χ1v) is 5.44. The smallest absolute Gasteiger partial charge is 0.250 e. The lowest BCUT2D eigenvalue weighted by Gasteiger charge is -2.11. The van der Waals surface area contributed by atoms with Crippen LogP contribution in [-0.2, 0) is 0 Å². The minimum Gasteiger partial charge on any atom is -0.399 e. The van der Waals surface area contributed by atoms with Crippen molar-refractivity contribution in [3.8, 4) is 0 Å². The van der Waals surface area contributed by atoms with Gasteiger partial charge in [-0.15, -0.1) is 0 Å². The Bertz CT molecular complexity index is 375. The number of anilines is 2. The van der Waals surface area contributed by atoms with Crippen LogP contribution in [0, 0.1) is 5.92 Å². The molecule has 0 atom stereocenters. The molecule has 0 aliphatic heterocycles. The molecule has 1 aromatic carbocycles. The Morgan fingerprint density at radius 1 is 1.44 bits per heavy atom. The molecule has 5 N–H and O–H groups in total. The average Bonchev–Trinajstić information content (AvgIpc) is 2.19. The van der Waals surface area contributed by atoms with Crippen LogP contribution in [-0.4, -0.2) is 12.5 Å². The minimum absolute atomic E-state index is 0.448. The van der Waals surface area contributed by atoms with E-state index in [0.29, 0.717) is 17.2 Å². The van der Waals surface area contributed by atoms with Crippen LogP contribution in [0.1, 0.15) is 30.6 Å². The Hall–Kier alpha value is -1.71. The monoisotopic (exact) mass is 221 g/mol. The van der Waals surface area contributed by atoms with E-state index in [-0.39, 0.29) is 0 Å². The second-order valence-electron chi connectivity index (χ2n) is 4.28. The van der Waals surface area contributed by atoms with Crippen molar-refractivity contribution in [3.05, 3.63) is 23.8 Å². The summed E-state index contributed by atoms with van der Waals surface area (Å²) < 4.78 is 0. The van der Waals surface area contributed by atoms with Crippen LogP contribution in [0.3, 0.4) is 0 Å². The Labute approximate surface area is 96.0 Å². The molecule has 16 heavy (non-hydrogen) atoms. The summed E-state index contributed by atoms with van der Waals surface area (Å²) in [6, 6.07) is 5.14. The average molecular weight is 221 g/mol. The Morgan fingerprint density at radius 2 is 2.12 bits per heavy atom. The number of nitrogens with two attached hydrogens (primary N) is 2. The number of hydrogen-bond acceptors (Lipinski definition) is 3. The Kier molecular flexibility index (Phi) is 4.17. The molecular formula is C12H19N3O. The van der Waals surface area contributed by atoms with Gasteiger partial charge in [0.05, 0.1) is 5.56 Å². The molecule has 0 bridgehead atoms. The van der Waals surface area contributed by atoms with Gasteiger partial charge in [0.25, 0.3) is 5.91 Å². The van der Waals surface area contributed by atoms with Crippen molar-refractivity contribution >= 4 is 17.3 Å². The number of hydrogen-bond donors (Lipinski definition) is 3. The number of benzene rings is 1. The maximum absolute atomic E-state index is 11.2. The maximum Gasteiger partial charge on any atom is 0.250 e. The van der Waals surface area contributed by atoms with E-state index >= 15 is 0 Å². The van der Waals surface area contributed by atoms with E-state index in [9.17, 15) is 4.79 Å². The molecule has 0 unspecified atom stereocenters. The highest BCUT2D eigenvalue weighted by Crippen LogP contribution is 2.18. The first kappa shape index (κ1) is 12.4.